The summed E-state index contributed by atoms with van der Waals surface area (Å²) in [7, 11) is 0. The molecule has 1 aromatic carbocycles. The lowest BCUT2D eigenvalue weighted by molar-refractivity contribution is -0.124. The number of ether oxygens (including phenoxy) is 1. The molecule has 0 saturated heterocycles. The largest absolute Gasteiger partial charge is 0.483 e. The Morgan fingerprint density at radius 3 is 2.32 bits per heavy atom. The smallest absolute Gasteiger partial charge is 0.258 e. The van der Waals surface area contributed by atoms with Crippen molar-refractivity contribution in [2.45, 2.75) is 59.2 Å². The van der Waals surface area contributed by atoms with E-state index in [1.54, 1.807) is 12.1 Å². The van der Waals surface area contributed by atoms with Crippen molar-refractivity contribution in [3.8, 4) is 5.75 Å². The maximum Gasteiger partial charge on any atom is 0.258 e. The van der Waals surface area contributed by atoms with E-state index in [2.05, 4.69) is 31.4 Å². The lowest BCUT2D eigenvalue weighted by Crippen LogP contribution is -2.43. The van der Waals surface area contributed by atoms with Crippen molar-refractivity contribution in [1.29, 1.82) is 0 Å². The van der Waals surface area contributed by atoms with E-state index in [1.165, 1.54) is 0 Å². The molecule has 0 heterocycles. The molecule has 1 aromatic rings. The summed E-state index contributed by atoms with van der Waals surface area (Å²) in [5.41, 5.74) is 0.659. The van der Waals surface area contributed by atoms with E-state index >= 15 is 0 Å². The number of nitrogens with one attached hydrogen (secondary N) is 2. The predicted octanol–water partition coefficient (Wildman–Crippen LogP) is 3.52. The van der Waals surface area contributed by atoms with Gasteiger partial charge in [-0.25, -0.2) is 0 Å². The lowest BCUT2D eigenvalue weighted by Gasteiger charge is -2.23. The third kappa shape index (κ3) is 7.66. The van der Waals surface area contributed by atoms with Gasteiger partial charge >= 0.3 is 0 Å². The van der Waals surface area contributed by atoms with Crippen molar-refractivity contribution in [2.24, 2.45) is 0 Å². The zero-order valence-electron chi connectivity index (χ0n) is 14.3. The molecule has 0 radical (unpaired) electrons. The van der Waals surface area contributed by atoms with Gasteiger partial charge in [-0.1, -0.05) is 11.6 Å². The topological polar surface area (TPSA) is 50.4 Å². The summed E-state index contributed by atoms with van der Waals surface area (Å²) < 4.78 is 5.65. The molecule has 0 spiro atoms. The van der Waals surface area contributed by atoms with Crippen molar-refractivity contribution in [3.05, 3.63) is 28.8 Å². The predicted molar refractivity (Wildman–Crippen MR) is 91.4 cm³/mol. The summed E-state index contributed by atoms with van der Waals surface area (Å²) in [6.07, 6.45) is 0. The van der Waals surface area contributed by atoms with E-state index in [1.807, 2.05) is 26.8 Å². The minimum atomic E-state index is -0.267. The molecule has 124 valence electrons. The van der Waals surface area contributed by atoms with Gasteiger partial charge in [0.15, 0.2) is 6.61 Å². The minimum absolute atomic E-state index is 0.0107. The molecule has 1 amide bonds. The van der Waals surface area contributed by atoms with Crippen molar-refractivity contribution >= 4 is 17.5 Å². The molecule has 0 aromatic heterocycles. The zero-order valence-corrected chi connectivity index (χ0v) is 15.1. The molecule has 22 heavy (non-hydrogen) atoms. The molecular formula is C17H27ClN2O2. The quantitative estimate of drug-likeness (QED) is 0.870. The molecule has 0 unspecified atom stereocenters. The molecule has 0 bridgehead atoms. The van der Waals surface area contributed by atoms with Crippen LogP contribution in [-0.2, 0) is 11.3 Å². The number of carbonyl (C=O) groups excluding carboxylic acids is 1. The van der Waals surface area contributed by atoms with Crippen LogP contribution in [0.4, 0.5) is 0 Å². The summed E-state index contributed by atoms with van der Waals surface area (Å²) in [5.74, 6) is 0.530. The fourth-order valence-electron chi connectivity index (χ4n) is 1.79. The summed E-state index contributed by atoms with van der Waals surface area (Å²) in [6.45, 7) is 12.7. The number of hydrogen-bond acceptors (Lipinski definition) is 3. The first-order valence-electron chi connectivity index (χ1n) is 7.43. The van der Waals surface area contributed by atoms with Gasteiger partial charge in [0.25, 0.3) is 5.91 Å². The number of amides is 1. The van der Waals surface area contributed by atoms with Gasteiger partial charge in [-0.3, -0.25) is 4.79 Å². The van der Waals surface area contributed by atoms with E-state index in [9.17, 15) is 4.79 Å². The molecule has 4 nitrogen and oxygen atoms in total. The third-order valence-corrected chi connectivity index (χ3v) is 2.94. The number of benzene rings is 1. The van der Waals surface area contributed by atoms with Gasteiger partial charge in [-0.15, -0.1) is 0 Å². The summed E-state index contributed by atoms with van der Waals surface area (Å²) in [5, 5.41) is 6.91. The van der Waals surface area contributed by atoms with Crippen LogP contribution in [-0.4, -0.2) is 23.6 Å². The summed E-state index contributed by atoms with van der Waals surface area (Å²) in [6, 6.07) is 5.42. The van der Waals surface area contributed by atoms with Gasteiger partial charge in [-0.2, -0.15) is 0 Å². The number of rotatable bonds is 5. The van der Waals surface area contributed by atoms with Crippen LogP contribution in [0.5, 0.6) is 5.75 Å². The second-order valence-electron chi connectivity index (χ2n) is 7.44. The average molecular weight is 327 g/mol. The fraction of sp³-hybridized carbons (Fsp3) is 0.588. The number of halogens is 1. The SMILES string of the molecule is CC(C)(C)NCc1cc(Cl)ccc1OCC(=O)NC(C)(C)C. The zero-order chi connectivity index (χ0) is 17.0. The Labute approximate surface area is 138 Å². The average Bonchev–Trinajstić information content (AvgIpc) is 2.32. The van der Waals surface area contributed by atoms with Crippen LogP contribution < -0.4 is 15.4 Å². The molecule has 1 rings (SSSR count). The van der Waals surface area contributed by atoms with Crippen molar-refractivity contribution in [1.82, 2.24) is 10.6 Å². The summed E-state index contributed by atoms with van der Waals surface area (Å²) >= 11 is 6.05. The Bertz CT molecular complexity index is 516. The van der Waals surface area contributed by atoms with Crippen LogP contribution in [0.1, 0.15) is 47.1 Å². The number of hydrogen-bond donors (Lipinski definition) is 2. The molecule has 0 aliphatic carbocycles. The van der Waals surface area contributed by atoms with Crippen LogP contribution in [0.25, 0.3) is 0 Å². The molecule has 5 heteroatoms. The van der Waals surface area contributed by atoms with Gasteiger partial charge in [0.05, 0.1) is 0 Å². The Hall–Kier alpha value is -1.26. The highest BCUT2D eigenvalue weighted by molar-refractivity contribution is 6.30. The van der Waals surface area contributed by atoms with Gasteiger partial charge in [0.2, 0.25) is 0 Å². The highest BCUT2D eigenvalue weighted by Gasteiger charge is 2.15. The molecular weight excluding hydrogens is 300 g/mol. The van der Waals surface area contributed by atoms with E-state index in [0.717, 1.165) is 5.56 Å². The van der Waals surface area contributed by atoms with E-state index < -0.39 is 0 Å². The van der Waals surface area contributed by atoms with Crippen molar-refractivity contribution in [3.63, 3.8) is 0 Å². The first-order valence-corrected chi connectivity index (χ1v) is 7.81. The molecule has 0 saturated carbocycles. The Morgan fingerprint density at radius 1 is 1.14 bits per heavy atom. The van der Waals surface area contributed by atoms with Gasteiger partial charge in [0.1, 0.15) is 5.75 Å². The molecule has 0 fully saturated rings. The Balaban J connectivity index is 2.71. The number of carbonyl (C=O) groups is 1. The van der Waals surface area contributed by atoms with Gasteiger partial charge in [-0.05, 0) is 59.7 Å². The fourth-order valence-corrected chi connectivity index (χ4v) is 1.98. The van der Waals surface area contributed by atoms with Crippen LogP contribution in [0.2, 0.25) is 5.02 Å². The monoisotopic (exact) mass is 326 g/mol. The van der Waals surface area contributed by atoms with Crippen LogP contribution >= 0.6 is 11.6 Å². The standard InChI is InChI=1S/C17H27ClN2O2/c1-16(2,3)19-10-12-9-13(18)7-8-14(12)22-11-15(21)20-17(4,5)6/h7-9,19H,10-11H2,1-6H3,(H,20,21). The Morgan fingerprint density at radius 2 is 1.77 bits per heavy atom. The lowest BCUT2D eigenvalue weighted by atomic mass is 10.1. The maximum atomic E-state index is 11.8. The third-order valence-electron chi connectivity index (χ3n) is 2.70. The minimum Gasteiger partial charge on any atom is -0.483 e. The second-order valence-corrected chi connectivity index (χ2v) is 7.88. The highest BCUT2D eigenvalue weighted by atomic mass is 35.5. The van der Waals surface area contributed by atoms with Crippen LogP contribution in [0, 0.1) is 0 Å². The summed E-state index contributed by atoms with van der Waals surface area (Å²) in [4.78, 5) is 11.8. The van der Waals surface area contributed by atoms with E-state index in [4.69, 9.17) is 16.3 Å². The van der Waals surface area contributed by atoms with Crippen LogP contribution in [0.3, 0.4) is 0 Å². The van der Waals surface area contributed by atoms with Crippen molar-refractivity contribution < 1.29 is 9.53 Å². The molecule has 0 aliphatic rings. The van der Waals surface area contributed by atoms with E-state index in [-0.39, 0.29) is 23.6 Å². The highest BCUT2D eigenvalue weighted by Crippen LogP contribution is 2.23. The molecule has 2 N–H and O–H groups in total. The van der Waals surface area contributed by atoms with Gasteiger partial charge < -0.3 is 15.4 Å². The second kappa shape index (κ2) is 7.34. The van der Waals surface area contributed by atoms with Crippen LogP contribution in [0.15, 0.2) is 18.2 Å². The first-order chi connectivity index (χ1) is 9.96. The van der Waals surface area contributed by atoms with Gasteiger partial charge in [0, 0.05) is 28.2 Å². The molecule has 0 aliphatic heterocycles. The normalized spacial score (nSPS) is 12.1. The molecule has 0 atom stereocenters. The first kappa shape index (κ1) is 18.8. The van der Waals surface area contributed by atoms with E-state index in [0.29, 0.717) is 17.3 Å². The Kier molecular flexibility index (Phi) is 6.27. The maximum absolute atomic E-state index is 11.8. The van der Waals surface area contributed by atoms with Crippen molar-refractivity contribution in [2.75, 3.05) is 6.61 Å².